The lowest BCUT2D eigenvalue weighted by Crippen LogP contribution is -2.44. The molecule has 0 radical (unpaired) electrons. The van der Waals surface area contributed by atoms with E-state index in [1.165, 1.54) is 0 Å². The van der Waals surface area contributed by atoms with Gasteiger partial charge in [-0.3, -0.25) is 9.79 Å². The fourth-order valence-electron chi connectivity index (χ4n) is 2.04. The van der Waals surface area contributed by atoms with Gasteiger partial charge in [0.15, 0.2) is 0 Å². The molecule has 100 valence electrons. The van der Waals surface area contributed by atoms with Crippen LogP contribution < -0.4 is 15.8 Å². The predicted octanol–water partition coefficient (Wildman–Crippen LogP) is 0.997. The third-order valence-corrected chi connectivity index (χ3v) is 2.94. The van der Waals surface area contributed by atoms with Crippen molar-refractivity contribution in [2.75, 3.05) is 7.11 Å². The molecule has 0 aromatic heterocycles. The maximum atomic E-state index is 11.2. The average molecular weight is 259 g/mol. The van der Waals surface area contributed by atoms with Crippen LogP contribution in [0.1, 0.15) is 12.5 Å². The van der Waals surface area contributed by atoms with Crippen molar-refractivity contribution in [1.82, 2.24) is 5.32 Å². The molecule has 1 aliphatic heterocycles. The first-order valence-electron chi connectivity index (χ1n) is 5.99. The van der Waals surface area contributed by atoms with Crippen LogP contribution in [-0.2, 0) is 11.2 Å². The van der Waals surface area contributed by atoms with Gasteiger partial charge in [-0.1, -0.05) is 12.1 Å². The summed E-state index contributed by atoms with van der Waals surface area (Å²) in [4.78, 5) is 15.6. The SMILES string of the molecule is COc1cccc(CC2(C)N=C(C(N)=O)C=CN2)c1. The molecule has 0 aliphatic carbocycles. The molecule has 0 bridgehead atoms. The molecule has 1 aromatic carbocycles. The lowest BCUT2D eigenvalue weighted by Gasteiger charge is -2.29. The third-order valence-electron chi connectivity index (χ3n) is 2.94. The van der Waals surface area contributed by atoms with Crippen LogP contribution >= 0.6 is 0 Å². The minimum atomic E-state index is -0.578. The van der Waals surface area contributed by atoms with Crippen molar-refractivity contribution in [1.29, 1.82) is 0 Å². The van der Waals surface area contributed by atoms with E-state index in [9.17, 15) is 4.79 Å². The van der Waals surface area contributed by atoms with Gasteiger partial charge >= 0.3 is 0 Å². The van der Waals surface area contributed by atoms with Gasteiger partial charge < -0.3 is 15.8 Å². The number of methoxy groups -OCH3 is 1. The summed E-state index contributed by atoms with van der Waals surface area (Å²) < 4.78 is 5.19. The monoisotopic (exact) mass is 259 g/mol. The Morgan fingerprint density at radius 2 is 2.32 bits per heavy atom. The van der Waals surface area contributed by atoms with Crippen molar-refractivity contribution >= 4 is 11.6 Å². The van der Waals surface area contributed by atoms with Gasteiger partial charge in [-0.15, -0.1) is 0 Å². The molecule has 1 heterocycles. The largest absolute Gasteiger partial charge is 0.497 e. The van der Waals surface area contributed by atoms with Crippen LogP contribution in [0.2, 0.25) is 0 Å². The van der Waals surface area contributed by atoms with Crippen LogP contribution in [0.5, 0.6) is 5.75 Å². The van der Waals surface area contributed by atoms with E-state index in [2.05, 4.69) is 10.3 Å². The zero-order valence-corrected chi connectivity index (χ0v) is 11.0. The molecule has 1 aromatic rings. The number of carbonyl (C=O) groups is 1. The molecule has 5 heteroatoms. The number of hydrogen-bond donors (Lipinski definition) is 2. The van der Waals surface area contributed by atoms with E-state index in [1.807, 2.05) is 31.2 Å². The molecule has 0 saturated heterocycles. The zero-order chi connectivity index (χ0) is 13.9. The van der Waals surface area contributed by atoms with Gasteiger partial charge in [-0.25, -0.2) is 0 Å². The first-order valence-corrected chi connectivity index (χ1v) is 5.99. The Hall–Kier alpha value is -2.30. The standard InChI is InChI=1S/C14H17N3O2/c1-14(16-7-6-12(17-14)13(15)18)9-10-4-3-5-11(8-10)19-2/h3-8,16H,9H2,1-2H3,(H2,15,18). The molecular formula is C14H17N3O2. The fraction of sp³-hybridized carbons (Fsp3) is 0.286. The van der Waals surface area contributed by atoms with Crippen molar-refractivity contribution < 1.29 is 9.53 Å². The molecule has 3 N–H and O–H groups in total. The smallest absolute Gasteiger partial charge is 0.267 e. The normalized spacial score (nSPS) is 21.5. The Morgan fingerprint density at radius 3 is 3.00 bits per heavy atom. The first-order chi connectivity index (χ1) is 9.02. The molecule has 0 saturated carbocycles. The van der Waals surface area contributed by atoms with E-state index < -0.39 is 11.6 Å². The topological polar surface area (TPSA) is 76.7 Å². The number of nitrogens with two attached hydrogens (primary N) is 1. The summed E-state index contributed by atoms with van der Waals surface area (Å²) in [5.74, 6) is 0.279. The van der Waals surface area contributed by atoms with Gasteiger partial charge in [0.2, 0.25) is 0 Å². The number of aliphatic imine (C=N–C) groups is 1. The number of rotatable bonds is 4. The van der Waals surface area contributed by atoms with Gasteiger partial charge in [-0.2, -0.15) is 0 Å². The summed E-state index contributed by atoms with van der Waals surface area (Å²) in [7, 11) is 1.63. The summed E-state index contributed by atoms with van der Waals surface area (Å²) in [6.07, 6.45) is 3.91. The van der Waals surface area contributed by atoms with Gasteiger partial charge in [-0.05, 0) is 30.7 Å². The number of benzene rings is 1. The van der Waals surface area contributed by atoms with Gasteiger partial charge in [0.05, 0.1) is 7.11 Å². The maximum absolute atomic E-state index is 11.2. The summed E-state index contributed by atoms with van der Waals surface area (Å²) in [5.41, 5.74) is 6.03. The highest BCUT2D eigenvalue weighted by Gasteiger charge is 2.26. The number of nitrogens with zero attached hydrogens (tertiary/aromatic N) is 1. The number of nitrogens with one attached hydrogen (secondary N) is 1. The predicted molar refractivity (Wildman–Crippen MR) is 74.0 cm³/mol. The van der Waals surface area contributed by atoms with E-state index in [4.69, 9.17) is 10.5 Å². The summed E-state index contributed by atoms with van der Waals surface area (Å²) >= 11 is 0. The molecule has 0 spiro atoms. The van der Waals surface area contributed by atoms with E-state index >= 15 is 0 Å². The fourth-order valence-corrected chi connectivity index (χ4v) is 2.04. The molecule has 0 fully saturated rings. The van der Waals surface area contributed by atoms with Crippen molar-refractivity contribution in [3.8, 4) is 5.75 Å². The molecule has 19 heavy (non-hydrogen) atoms. The summed E-state index contributed by atoms with van der Waals surface area (Å²) in [6.45, 7) is 1.92. The molecule has 1 aliphatic rings. The number of hydrogen-bond acceptors (Lipinski definition) is 4. The highest BCUT2D eigenvalue weighted by Crippen LogP contribution is 2.21. The van der Waals surface area contributed by atoms with Gasteiger partial charge in [0.1, 0.15) is 17.1 Å². The molecule has 1 unspecified atom stereocenters. The molecule has 2 rings (SSSR count). The molecule has 1 amide bonds. The van der Waals surface area contributed by atoms with Crippen LogP contribution in [0.25, 0.3) is 0 Å². The Morgan fingerprint density at radius 1 is 1.53 bits per heavy atom. The van der Waals surface area contributed by atoms with E-state index in [0.29, 0.717) is 6.42 Å². The number of carbonyl (C=O) groups excluding carboxylic acids is 1. The van der Waals surface area contributed by atoms with Crippen LogP contribution in [-0.4, -0.2) is 24.4 Å². The molecule has 5 nitrogen and oxygen atoms in total. The van der Waals surface area contributed by atoms with Crippen molar-refractivity contribution in [3.05, 3.63) is 42.1 Å². The summed E-state index contributed by atoms with van der Waals surface area (Å²) in [6, 6.07) is 7.75. The van der Waals surface area contributed by atoms with E-state index in [0.717, 1.165) is 11.3 Å². The minimum absolute atomic E-state index is 0.282. The Labute approximate surface area is 112 Å². The second kappa shape index (κ2) is 5.14. The molecular weight excluding hydrogens is 242 g/mol. The maximum Gasteiger partial charge on any atom is 0.267 e. The molecule has 1 atom stereocenters. The number of ether oxygens (including phenoxy) is 1. The summed E-state index contributed by atoms with van der Waals surface area (Å²) in [5, 5.41) is 3.15. The second-order valence-corrected chi connectivity index (χ2v) is 4.64. The number of primary amides is 1. The van der Waals surface area contributed by atoms with Crippen LogP contribution in [0, 0.1) is 0 Å². The Kier molecular flexibility index (Phi) is 3.55. The lowest BCUT2D eigenvalue weighted by molar-refractivity contribution is -0.112. The van der Waals surface area contributed by atoms with Crippen molar-refractivity contribution in [2.45, 2.75) is 19.0 Å². The minimum Gasteiger partial charge on any atom is -0.497 e. The quantitative estimate of drug-likeness (QED) is 0.846. The lowest BCUT2D eigenvalue weighted by atomic mass is 10.00. The van der Waals surface area contributed by atoms with Crippen LogP contribution in [0.4, 0.5) is 0 Å². The van der Waals surface area contributed by atoms with E-state index in [-0.39, 0.29) is 5.71 Å². The average Bonchev–Trinajstić information content (AvgIpc) is 2.38. The van der Waals surface area contributed by atoms with Gasteiger partial charge in [0, 0.05) is 12.6 Å². The highest BCUT2D eigenvalue weighted by atomic mass is 16.5. The van der Waals surface area contributed by atoms with Crippen molar-refractivity contribution in [2.24, 2.45) is 10.7 Å². The number of amides is 1. The Balaban J connectivity index is 2.21. The third kappa shape index (κ3) is 3.13. The van der Waals surface area contributed by atoms with Crippen molar-refractivity contribution in [3.63, 3.8) is 0 Å². The first kappa shape index (κ1) is 13.1. The van der Waals surface area contributed by atoms with Gasteiger partial charge in [0.25, 0.3) is 5.91 Å². The van der Waals surface area contributed by atoms with Crippen LogP contribution in [0.3, 0.4) is 0 Å². The Bertz CT molecular complexity index is 551. The zero-order valence-electron chi connectivity index (χ0n) is 11.0. The highest BCUT2D eigenvalue weighted by molar-refractivity contribution is 6.43. The second-order valence-electron chi connectivity index (χ2n) is 4.64. The van der Waals surface area contributed by atoms with Crippen LogP contribution in [0.15, 0.2) is 41.5 Å². The van der Waals surface area contributed by atoms with E-state index in [1.54, 1.807) is 19.4 Å².